The Morgan fingerprint density at radius 1 is 1.12 bits per heavy atom. The number of anilines is 1. The molecule has 0 atom stereocenters. The van der Waals surface area contributed by atoms with Crippen LogP contribution in [0.25, 0.3) is 10.2 Å². The second kappa shape index (κ2) is 8.73. The van der Waals surface area contributed by atoms with E-state index in [1.165, 1.54) is 17.2 Å². The number of piperidine rings is 1. The lowest BCUT2D eigenvalue weighted by molar-refractivity contribution is -0.274. The minimum atomic E-state index is -4.86. The molecule has 182 valence electrons. The van der Waals surface area contributed by atoms with E-state index in [-0.39, 0.29) is 34.6 Å². The van der Waals surface area contributed by atoms with E-state index in [1.807, 2.05) is 0 Å². The number of nitrogens with one attached hydrogen (secondary N) is 1. The second-order valence-corrected chi connectivity index (χ2v) is 8.78. The van der Waals surface area contributed by atoms with E-state index in [0.29, 0.717) is 4.70 Å². The van der Waals surface area contributed by atoms with Crippen molar-refractivity contribution >= 4 is 44.3 Å². The van der Waals surface area contributed by atoms with Gasteiger partial charge in [-0.25, -0.2) is 14.8 Å². The van der Waals surface area contributed by atoms with Crippen LogP contribution in [0.2, 0.25) is 5.15 Å². The van der Waals surface area contributed by atoms with Gasteiger partial charge in [0.1, 0.15) is 11.2 Å². The fourth-order valence-corrected chi connectivity index (χ4v) is 4.84. The number of thiazole rings is 1. The van der Waals surface area contributed by atoms with Crippen LogP contribution in [0, 0.1) is 0 Å². The van der Waals surface area contributed by atoms with Crippen molar-refractivity contribution in [2.24, 2.45) is 0 Å². The Balaban J connectivity index is 1.47. The molecule has 34 heavy (non-hydrogen) atoms. The minimum absolute atomic E-state index is 0.0776. The van der Waals surface area contributed by atoms with Crippen molar-refractivity contribution in [2.75, 3.05) is 18.4 Å². The number of fused-ring (bicyclic) bond motifs is 1. The first kappa shape index (κ1) is 24.3. The van der Waals surface area contributed by atoms with Gasteiger partial charge in [-0.05, 0) is 25.0 Å². The molecule has 2 amide bonds. The van der Waals surface area contributed by atoms with Crippen molar-refractivity contribution < 1.29 is 35.9 Å². The first-order valence-electron chi connectivity index (χ1n) is 9.64. The number of amides is 2. The standard InChI is InChI=1S/C19H14ClF6N5O2S/c20-14-13(27-5-6-28-14)17(18(21,22)23)3-7-31(8-4-17)16(32)30-15-29-11-9-10(33-19(24,25)26)1-2-12(11)34-15/h1-2,5-6,9H,3-4,7-8H2,(H,29,30,32). The van der Waals surface area contributed by atoms with E-state index in [4.69, 9.17) is 11.6 Å². The third-order valence-corrected chi connectivity index (χ3v) is 6.59. The molecule has 0 radical (unpaired) electrons. The molecular formula is C19H14ClF6N5O2S. The number of aromatic nitrogens is 3. The van der Waals surface area contributed by atoms with Gasteiger partial charge in [0.2, 0.25) is 0 Å². The molecule has 2 aromatic heterocycles. The molecule has 1 saturated heterocycles. The predicted octanol–water partition coefficient (Wildman–Crippen LogP) is 5.77. The molecule has 4 rings (SSSR count). The van der Waals surface area contributed by atoms with Crippen molar-refractivity contribution in [1.82, 2.24) is 19.9 Å². The van der Waals surface area contributed by atoms with Gasteiger partial charge in [-0.15, -0.1) is 13.2 Å². The molecule has 1 aliphatic rings. The van der Waals surface area contributed by atoms with Crippen LogP contribution in [0.15, 0.2) is 30.6 Å². The molecule has 1 aliphatic heterocycles. The highest BCUT2D eigenvalue weighted by atomic mass is 35.5. The summed E-state index contributed by atoms with van der Waals surface area (Å²) >= 11 is 6.90. The number of ether oxygens (including phenoxy) is 1. The molecule has 1 aromatic carbocycles. The molecule has 0 spiro atoms. The van der Waals surface area contributed by atoms with Crippen LogP contribution >= 0.6 is 22.9 Å². The van der Waals surface area contributed by atoms with Gasteiger partial charge in [0.25, 0.3) is 0 Å². The summed E-state index contributed by atoms with van der Waals surface area (Å²) < 4.78 is 83.7. The molecule has 3 aromatic rings. The molecule has 3 heterocycles. The summed E-state index contributed by atoms with van der Waals surface area (Å²) in [4.78, 5) is 25.4. The minimum Gasteiger partial charge on any atom is -0.406 e. The number of carbonyl (C=O) groups is 1. The monoisotopic (exact) mass is 525 g/mol. The second-order valence-electron chi connectivity index (χ2n) is 7.39. The highest BCUT2D eigenvalue weighted by Gasteiger charge is 2.59. The number of halogens is 7. The summed E-state index contributed by atoms with van der Waals surface area (Å²) in [6, 6.07) is 2.84. The maximum atomic E-state index is 14.1. The van der Waals surface area contributed by atoms with Crippen LogP contribution in [0.3, 0.4) is 0 Å². The Morgan fingerprint density at radius 3 is 2.41 bits per heavy atom. The third-order valence-electron chi connectivity index (χ3n) is 5.36. The van der Waals surface area contributed by atoms with E-state index in [1.54, 1.807) is 0 Å². The van der Waals surface area contributed by atoms with Gasteiger partial charge in [0.15, 0.2) is 10.3 Å². The van der Waals surface area contributed by atoms with Gasteiger partial charge < -0.3 is 9.64 Å². The molecular weight excluding hydrogens is 512 g/mol. The maximum Gasteiger partial charge on any atom is 0.573 e. The van der Waals surface area contributed by atoms with Crippen LogP contribution in [0.5, 0.6) is 5.75 Å². The quantitative estimate of drug-likeness (QED) is 0.439. The number of likely N-dealkylation sites (tertiary alicyclic amines) is 1. The molecule has 7 nitrogen and oxygen atoms in total. The van der Waals surface area contributed by atoms with Gasteiger partial charge in [-0.1, -0.05) is 22.9 Å². The average molecular weight is 526 g/mol. The number of carbonyl (C=O) groups excluding carboxylic acids is 1. The van der Waals surface area contributed by atoms with Gasteiger partial charge in [-0.2, -0.15) is 13.2 Å². The molecule has 15 heteroatoms. The largest absolute Gasteiger partial charge is 0.573 e. The van der Waals surface area contributed by atoms with Crippen LogP contribution in [0.1, 0.15) is 18.5 Å². The zero-order valence-corrected chi connectivity index (χ0v) is 18.4. The molecule has 1 N–H and O–H groups in total. The summed E-state index contributed by atoms with van der Waals surface area (Å²) in [6.45, 7) is -0.487. The normalized spacial score (nSPS) is 16.5. The first-order valence-corrected chi connectivity index (χ1v) is 10.8. The van der Waals surface area contributed by atoms with Gasteiger partial charge in [0, 0.05) is 31.5 Å². The average Bonchev–Trinajstić information content (AvgIpc) is 3.13. The van der Waals surface area contributed by atoms with Crippen LogP contribution in [0.4, 0.5) is 36.3 Å². The molecule has 0 unspecified atom stereocenters. The lowest BCUT2D eigenvalue weighted by Gasteiger charge is -2.42. The fraction of sp³-hybridized carbons (Fsp3) is 0.368. The number of nitrogens with zero attached hydrogens (tertiary/aromatic N) is 4. The maximum absolute atomic E-state index is 14.1. The lowest BCUT2D eigenvalue weighted by atomic mass is 9.75. The zero-order chi connectivity index (χ0) is 24.7. The Labute approximate surface area is 196 Å². The topological polar surface area (TPSA) is 80.2 Å². The van der Waals surface area contributed by atoms with Crippen LogP contribution in [-0.2, 0) is 5.41 Å². The van der Waals surface area contributed by atoms with Crippen LogP contribution < -0.4 is 10.1 Å². The Hall–Kier alpha value is -2.87. The Morgan fingerprint density at radius 2 is 1.79 bits per heavy atom. The summed E-state index contributed by atoms with van der Waals surface area (Å²) in [5.41, 5.74) is -2.57. The smallest absolute Gasteiger partial charge is 0.406 e. The lowest BCUT2D eigenvalue weighted by Crippen LogP contribution is -2.53. The van der Waals surface area contributed by atoms with Gasteiger partial charge in [-0.3, -0.25) is 10.3 Å². The van der Waals surface area contributed by atoms with Gasteiger partial charge >= 0.3 is 18.6 Å². The summed E-state index contributed by atoms with van der Waals surface area (Å²) in [5, 5.41) is 2.21. The number of urea groups is 1. The number of benzene rings is 1. The molecule has 0 bridgehead atoms. The van der Waals surface area contributed by atoms with Crippen molar-refractivity contribution in [3.05, 3.63) is 41.4 Å². The van der Waals surface area contributed by atoms with E-state index >= 15 is 0 Å². The summed E-state index contributed by atoms with van der Waals surface area (Å²) in [5.74, 6) is -0.467. The van der Waals surface area contributed by atoms with Crippen molar-refractivity contribution in [2.45, 2.75) is 30.8 Å². The highest BCUT2D eigenvalue weighted by Crippen LogP contribution is 2.49. The van der Waals surface area contributed by atoms with E-state index in [0.717, 1.165) is 29.7 Å². The van der Waals surface area contributed by atoms with Crippen molar-refractivity contribution in [3.63, 3.8) is 0 Å². The van der Waals surface area contributed by atoms with E-state index in [9.17, 15) is 31.1 Å². The summed E-state index contributed by atoms with van der Waals surface area (Å²) in [7, 11) is 0. The number of hydrogen-bond acceptors (Lipinski definition) is 6. The number of rotatable bonds is 3. The van der Waals surface area contributed by atoms with E-state index < -0.39 is 42.6 Å². The number of alkyl halides is 6. The summed E-state index contributed by atoms with van der Waals surface area (Å²) in [6.07, 6.45) is -8.16. The number of hydrogen-bond donors (Lipinski definition) is 1. The Kier molecular flexibility index (Phi) is 6.23. The highest BCUT2D eigenvalue weighted by molar-refractivity contribution is 7.22. The molecule has 0 aliphatic carbocycles. The fourth-order valence-electron chi connectivity index (χ4n) is 3.72. The van der Waals surface area contributed by atoms with Crippen molar-refractivity contribution in [1.29, 1.82) is 0 Å². The van der Waals surface area contributed by atoms with Crippen molar-refractivity contribution in [3.8, 4) is 5.75 Å². The van der Waals surface area contributed by atoms with Crippen LogP contribution in [-0.4, -0.2) is 51.5 Å². The Bertz CT molecular complexity index is 1210. The van der Waals surface area contributed by atoms with Gasteiger partial charge in [0.05, 0.1) is 15.9 Å². The molecule has 0 saturated carbocycles. The predicted molar refractivity (Wildman–Crippen MR) is 111 cm³/mol. The zero-order valence-electron chi connectivity index (χ0n) is 16.9. The first-order chi connectivity index (χ1) is 15.9. The SMILES string of the molecule is O=C(Nc1nc2cc(OC(F)(F)F)ccc2s1)N1CCC(c2nccnc2Cl)(C(F)(F)F)CC1. The van der Waals surface area contributed by atoms with E-state index in [2.05, 4.69) is 25.0 Å². The molecule has 1 fully saturated rings. The third kappa shape index (κ3) is 4.82.